The van der Waals surface area contributed by atoms with Crippen LogP contribution in [0.25, 0.3) is 0 Å². The molecule has 5 rings (SSSR count). The summed E-state index contributed by atoms with van der Waals surface area (Å²) in [5.41, 5.74) is 3.05. The topological polar surface area (TPSA) is 101 Å². The molecule has 0 bridgehead atoms. The number of rotatable bonds is 5. The van der Waals surface area contributed by atoms with E-state index in [-0.39, 0.29) is 36.7 Å². The van der Waals surface area contributed by atoms with E-state index in [1.165, 1.54) is 0 Å². The molecule has 2 fully saturated rings. The van der Waals surface area contributed by atoms with E-state index in [4.69, 9.17) is 9.47 Å². The first-order valence-corrected chi connectivity index (χ1v) is 12.9. The largest absolute Gasteiger partial charge is 0.489 e. The molecule has 0 spiro atoms. The van der Waals surface area contributed by atoms with Gasteiger partial charge in [0.05, 0.1) is 17.8 Å². The van der Waals surface area contributed by atoms with Crippen molar-refractivity contribution in [2.75, 3.05) is 26.2 Å². The predicted molar refractivity (Wildman–Crippen MR) is 132 cm³/mol. The van der Waals surface area contributed by atoms with Crippen LogP contribution < -0.4 is 4.74 Å². The fraction of sp³-hybridized carbons (Fsp3) is 0.556. The number of amides is 2. The Morgan fingerprint density at radius 1 is 1.11 bits per heavy atom. The molecule has 0 unspecified atom stereocenters. The first-order chi connectivity index (χ1) is 17.4. The van der Waals surface area contributed by atoms with Gasteiger partial charge in [0.1, 0.15) is 24.5 Å². The smallest absolute Gasteiger partial charge is 0.274 e. The minimum atomic E-state index is -0.0584. The van der Waals surface area contributed by atoms with Crippen molar-refractivity contribution in [1.29, 1.82) is 5.26 Å². The molecule has 36 heavy (non-hydrogen) atoms. The van der Waals surface area contributed by atoms with Crippen molar-refractivity contribution in [2.45, 2.75) is 70.8 Å². The van der Waals surface area contributed by atoms with Gasteiger partial charge in [0, 0.05) is 50.3 Å². The van der Waals surface area contributed by atoms with E-state index in [0.717, 1.165) is 30.5 Å². The SMILES string of the molecule is C[C@@H]1CN(C(=O)c2nn(CC(=O)N3CCC(Oc4ccccc4C#N)CC3)c3c2CCC3)C[C@H](C)O1. The van der Waals surface area contributed by atoms with Crippen molar-refractivity contribution in [1.82, 2.24) is 19.6 Å². The summed E-state index contributed by atoms with van der Waals surface area (Å²) in [6, 6.07) is 9.40. The highest BCUT2D eigenvalue weighted by atomic mass is 16.5. The van der Waals surface area contributed by atoms with Gasteiger partial charge in [-0.05, 0) is 45.2 Å². The van der Waals surface area contributed by atoms with Crippen LogP contribution in [0.1, 0.15) is 60.4 Å². The number of hydrogen-bond acceptors (Lipinski definition) is 6. The van der Waals surface area contributed by atoms with E-state index in [1.807, 2.05) is 41.8 Å². The monoisotopic (exact) mass is 491 g/mol. The van der Waals surface area contributed by atoms with Crippen LogP contribution in [0.15, 0.2) is 24.3 Å². The third-order valence-electron chi connectivity index (χ3n) is 7.30. The number of para-hydroxylation sites is 1. The average molecular weight is 492 g/mol. The lowest BCUT2D eigenvalue weighted by atomic mass is 10.1. The number of morpholine rings is 1. The molecule has 2 amide bonds. The Morgan fingerprint density at radius 3 is 2.56 bits per heavy atom. The van der Waals surface area contributed by atoms with Gasteiger partial charge in [-0.15, -0.1) is 0 Å². The lowest BCUT2D eigenvalue weighted by Gasteiger charge is -2.35. The first-order valence-electron chi connectivity index (χ1n) is 12.9. The van der Waals surface area contributed by atoms with Gasteiger partial charge in [0.15, 0.2) is 5.69 Å². The third-order valence-corrected chi connectivity index (χ3v) is 7.30. The minimum Gasteiger partial charge on any atom is -0.489 e. The fourth-order valence-corrected chi connectivity index (χ4v) is 5.60. The Labute approximate surface area is 211 Å². The summed E-state index contributed by atoms with van der Waals surface area (Å²) in [6.07, 6.45) is 4.02. The van der Waals surface area contributed by atoms with E-state index < -0.39 is 0 Å². The Morgan fingerprint density at radius 2 is 1.83 bits per heavy atom. The molecular weight excluding hydrogens is 458 g/mol. The number of benzene rings is 1. The number of likely N-dealkylation sites (tertiary alicyclic amines) is 1. The lowest BCUT2D eigenvalue weighted by Crippen LogP contribution is -2.48. The highest BCUT2D eigenvalue weighted by Gasteiger charge is 2.33. The third kappa shape index (κ3) is 4.96. The molecule has 2 atom stereocenters. The number of piperidine rings is 1. The zero-order valence-corrected chi connectivity index (χ0v) is 21.0. The normalized spacial score (nSPS) is 22.2. The van der Waals surface area contributed by atoms with Crippen LogP contribution in [0.5, 0.6) is 5.75 Å². The van der Waals surface area contributed by atoms with E-state index in [2.05, 4.69) is 11.2 Å². The van der Waals surface area contributed by atoms with Crippen LogP contribution >= 0.6 is 0 Å². The molecule has 3 heterocycles. The molecule has 2 aliphatic heterocycles. The fourth-order valence-electron chi connectivity index (χ4n) is 5.60. The molecule has 2 saturated heterocycles. The molecule has 0 radical (unpaired) electrons. The predicted octanol–water partition coefficient (Wildman–Crippen LogP) is 2.56. The van der Waals surface area contributed by atoms with Crippen LogP contribution in [-0.2, 0) is 28.9 Å². The van der Waals surface area contributed by atoms with Gasteiger partial charge in [0.2, 0.25) is 5.91 Å². The number of nitrogens with zero attached hydrogens (tertiary/aromatic N) is 5. The van der Waals surface area contributed by atoms with E-state index in [9.17, 15) is 14.9 Å². The number of fused-ring (bicyclic) bond motifs is 1. The quantitative estimate of drug-likeness (QED) is 0.637. The Balaban J connectivity index is 1.22. The maximum atomic E-state index is 13.3. The molecule has 0 saturated carbocycles. The molecular formula is C27H33N5O4. The number of carbonyl (C=O) groups excluding carboxylic acids is 2. The molecule has 1 aromatic carbocycles. The van der Waals surface area contributed by atoms with Gasteiger partial charge in [-0.3, -0.25) is 14.3 Å². The van der Waals surface area contributed by atoms with Crippen molar-refractivity contribution in [3.8, 4) is 11.8 Å². The maximum absolute atomic E-state index is 13.3. The summed E-state index contributed by atoms with van der Waals surface area (Å²) in [7, 11) is 0. The summed E-state index contributed by atoms with van der Waals surface area (Å²) in [4.78, 5) is 30.2. The Hall–Kier alpha value is -3.38. The summed E-state index contributed by atoms with van der Waals surface area (Å²) in [5.74, 6) is 0.547. The van der Waals surface area contributed by atoms with Crippen LogP contribution in [0.4, 0.5) is 0 Å². The zero-order valence-electron chi connectivity index (χ0n) is 21.0. The van der Waals surface area contributed by atoms with Crippen LogP contribution in [0.2, 0.25) is 0 Å². The molecule has 9 heteroatoms. The van der Waals surface area contributed by atoms with Crippen LogP contribution in [-0.4, -0.2) is 75.9 Å². The van der Waals surface area contributed by atoms with Crippen LogP contribution in [0, 0.1) is 11.3 Å². The van der Waals surface area contributed by atoms with Crippen molar-refractivity contribution in [2.24, 2.45) is 0 Å². The van der Waals surface area contributed by atoms with Gasteiger partial charge < -0.3 is 19.3 Å². The first kappa shape index (κ1) is 24.3. The van der Waals surface area contributed by atoms with E-state index >= 15 is 0 Å². The minimum absolute atomic E-state index is 0.00491. The van der Waals surface area contributed by atoms with Crippen LogP contribution in [0.3, 0.4) is 0 Å². The van der Waals surface area contributed by atoms with E-state index in [1.54, 1.807) is 10.7 Å². The Kier molecular flexibility index (Phi) is 6.97. The maximum Gasteiger partial charge on any atom is 0.274 e. The van der Waals surface area contributed by atoms with Crippen molar-refractivity contribution in [3.05, 3.63) is 46.8 Å². The van der Waals surface area contributed by atoms with Gasteiger partial charge >= 0.3 is 0 Å². The number of ether oxygens (including phenoxy) is 2. The Bertz CT molecular complexity index is 1170. The van der Waals surface area contributed by atoms with Gasteiger partial charge in [-0.1, -0.05) is 12.1 Å². The second-order valence-electron chi connectivity index (χ2n) is 10.1. The summed E-state index contributed by atoms with van der Waals surface area (Å²) < 4.78 is 13.6. The molecule has 1 aliphatic carbocycles. The average Bonchev–Trinajstić information content (AvgIpc) is 3.48. The van der Waals surface area contributed by atoms with Crippen molar-refractivity contribution < 1.29 is 19.1 Å². The molecule has 3 aliphatic rings. The molecule has 0 N–H and O–H groups in total. The molecule has 2 aromatic rings. The van der Waals surface area contributed by atoms with Crippen molar-refractivity contribution >= 4 is 11.8 Å². The standard InChI is InChI=1S/C27H33N5O4/c1-18-15-31(16-19(2)35-18)27(34)26-22-7-5-8-23(22)32(29-26)17-25(33)30-12-10-21(11-13-30)36-24-9-4-3-6-20(24)14-28/h3-4,6,9,18-19,21H,5,7-8,10-13,15-17H2,1-2H3/t18-,19+. The number of carbonyl (C=O) groups is 2. The second-order valence-corrected chi connectivity index (χ2v) is 10.1. The second kappa shape index (κ2) is 10.3. The van der Waals surface area contributed by atoms with Gasteiger partial charge in [0.25, 0.3) is 5.91 Å². The number of hydrogen-bond donors (Lipinski definition) is 0. The summed E-state index contributed by atoms with van der Waals surface area (Å²) in [5, 5.41) is 13.9. The van der Waals surface area contributed by atoms with E-state index in [0.29, 0.717) is 56.0 Å². The molecule has 9 nitrogen and oxygen atoms in total. The summed E-state index contributed by atoms with van der Waals surface area (Å²) in [6.45, 7) is 6.41. The molecule has 1 aromatic heterocycles. The highest BCUT2D eigenvalue weighted by Crippen LogP contribution is 2.28. The van der Waals surface area contributed by atoms with Gasteiger partial charge in [-0.2, -0.15) is 10.4 Å². The lowest BCUT2D eigenvalue weighted by molar-refractivity contribution is -0.133. The highest BCUT2D eigenvalue weighted by molar-refractivity contribution is 5.94. The van der Waals surface area contributed by atoms with Gasteiger partial charge in [-0.25, -0.2) is 0 Å². The summed E-state index contributed by atoms with van der Waals surface area (Å²) >= 11 is 0. The van der Waals surface area contributed by atoms with Crippen molar-refractivity contribution in [3.63, 3.8) is 0 Å². The number of aromatic nitrogens is 2. The molecule has 190 valence electrons. The zero-order chi connectivity index (χ0) is 25.2. The number of nitriles is 1.